The fourth-order valence-electron chi connectivity index (χ4n) is 1.86. The number of methoxy groups -OCH3 is 2. The Balaban J connectivity index is 2.38. The van der Waals surface area contributed by atoms with Crippen LogP contribution in [0.4, 0.5) is 5.69 Å². The van der Waals surface area contributed by atoms with Crippen LogP contribution in [-0.4, -0.2) is 29.0 Å². The lowest BCUT2D eigenvalue weighted by atomic mass is 10.3. The predicted molar refractivity (Wildman–Crippen MR) is 81.2 cm³/mol. The van der Waals surface area contributed by atoms with E-state index >= 15 is 0 Å². The van der Waals surface area contributed by atoms with Gasteiger partial charge in [-0.2, -0.15) is 0 Å². The van der Waals surface area contributed by atoms with Crippen molar-refractivity contribution in [3.05, 3.63) is 22.6 Å². The van der Waals surface area contributed by atoms with Crippen molar-refractivity contribution >= 4 is 17.4 Å². The van der Waals surface area contributed by atoms with Crippen LogP contribution in [0.2, 0.25) is 0 Å². The summed E-state index contributed by atoms with van der Waals surface area (Å²) in [5.74, 6) is 1.14. The first-order valence-corrected chi connectivity index (χ1v) is 7.26. The third-order valence-electron chi connectivity index (χ3n) is 2.89. The summed E-state index contributed by atoms with van der Waals surface area (Å²) in [6.45, 7) is 2.60. The largest absolute Gasteiger partial charge is 0.493 e. The molecule has 0 fully saturated rings. The summed E-state index contributed by atoms with van der Waals surface area (Å²) in [5.41, 5.74) is 6.33. The lowest BCUT2D eigenvalue weighted by molar-refractivity contribution is 0.354. The van der Waals surface area contributed by atoms with E-state index in [2.05, 4.69) is 10.2 Å². The fraction of sp³-hybridized carbons (Fsp3) is 0.385. The van der Waals surface area contributed by atoms with Gasteiger partial charge in [0.25, 0.3) is 0 Å². The second-order valence-corrected chi connectivity index (χ2v) is 5.32. The SMILES string of the molecule is CCCn1c(Sc2cc(OC)c(OC)cc2N)n[nH]c1=O. The fourth-order valence-corrected chi connectivity index (χ4v) is 2.78. The molecule has 0 bridgehead atoms. The highest BCUT2D eigenvalue weighted by molar-refractivity contribution is 7.99. The molecule has 114 valence electrons. The molecular weight excluding hydrogens is 292 g/mol. The molecule has 3 N–H and O–H groups in total. The summed E-state index contributed by atoms with van der Waals surface area (Å²) < 4.78 is 12.0. The maximum atomic E-state index is 11.7. The summed E-state index contributed by atoms with van der Waals surface area (Å²) in [6.07, 6.45) is 0.842. The summed E-state index contributed by atoms with van der Waals surface area (Å²) in [5, 5.41) is 7.05. The second kappa shape index (κ2) is 6.57. The summed E-state index contributed by atoms with van der Waals surface area (Å²) in [4.78, 5) is 12.4. The molecule has 0 saturated heterocycles. The van der Waals surface area contributed by atoms with Gasteiger partial charge in [0.1, 0.15) is 0 Å². The molecule has 0 aliphatic rings. The third kappa shape index (κ3) is 3.15. The lowest BCUT2D eigenvalue weighted by Crippen LogP contribution is -2.17. The van der Waals surface area contributed by atoms with Crippen LogP contribution >= 0.6 is 11.8 Å². The number of nitrogens with zero attached hydrogens (tertiary/aromatic N) is 2. The number of benzene rings is 1. The average Bonchev–Trinajstić information content (AvgIpc) is 2.82. The molecular formula is C13H18N4O3S. The van der Waals surface area contributed by atoms with Gasteiger partial charge in [-0.3, -0.25) is 4.57 Å². The van der Waals surface area contributed by atoms with Gasteiger partial charge in [0, 0.05) is 29.3 Å². The molecule has 0 unspecified atom stereocenters. The van der Waals surface area contributed by atoms with Crippen molar-refractivity contribution in [2.75, 3.05) is 20.0 Å². The zero-order valence-corrected chi connectivity index (χ0v) is 13.0. The molecule has 2 aromatic rings. The Bertz CT molecular complexity index is 681. The first-order chi connectivity index (χ1) is 10.1. The van der Waals surface area contributed by atoms with Crippen molar-refractivity contribution in [3.63, 3.8) is 0 Å². The van der Waals surface area contributed by atoms with Crippen LogP contribution in [0, 0.1) is 0 Å². The van der Waals surface area contributed by atoms with Crippen molar-refractivity contribution in [2.24, 2.45) is 0 Å². The molecule has 0 aliphatic heterocycles. The highest BCUT2D eigenvalue weighted by Gasteiger charge is 2.14. The molecule has 21 heavy (non-hydrogen) atoms. The van der Waals surface area contributed by atoms with E-state index in [0.29, 0.717) is 28.9 Å². The Kier molecular flexibility index (Phi) is 4.79. The number of rotatable bonds is 6. The second-order valence-electron chi connectivity index (χ2n) is 4.31. The number of nitrogen functional groups attached to an aromatic ring is 1. The van der Waals surface area contributed by atoms with E-state index in [1.807, 2.05) is 6.92 Å². The normalized spacial score (nSPS) is 10.6. The molecule has 1 heterocycles. The van der Waals surface area contributed by atoms with Gasteiger partial charge < -0.3 is 15.2 Å². The van der Waals surface area contributed by atoms with Crippen LogP contribution in [0.25, 0.3) is 0 Å². The van der Waals surface area contributed by atoms with Gasteiger partial charge in [0.15, 0.2) is 16.7 Å². The zero-order valence-electron chi connectivity index (χ0n) is 12.2. The van der Waals surface area contributed by atoms with Crippen LogP contribution in [0.5, 0.6) is 11.5 Å². The number of aromatic amines is 1. The van der Waals surface area contributed by atoms with Crippen LogP contribution < -0.4 is 20.9 Å². The van der Waals surface area contributed by atoms with Crippen LogP contribution in [0.3, 0.4) is 0 Å². The topological polar surface area (TPSA) is 95.2 Å². The summed E-state index contributed by atoms with van der Waals surface area (Å²) in [6, 6.07) is 3.46. The Morgan fingerprint density at radius 2 is 2.00 bits per heavy atom. The minimum Gasteiger partial charge on any atom is -0.493 e. The molecule has 0 spiro atoms. The van der Waals surface area contributed by atoms with E-state index in [0.717, 1.165) is 11.3 Å². The number of hydrogen-bond acceptors (Lipinski definition) is 6. The molecule has 0 aliphatic carbocycles. The lowest BCUT2D eigenvalue weighted by Gasteiger charge is -2.12. The Morgan fingerprint density at radius 1 is 1.33 bits per heavy atom. The van der Waals surface area contributed by atoms with Crippen molar-refractivity contribution in [3.8, 4) is 11.5 Å². The first kappa shape index (κ1) is 15.3. The van der Waals surface area contributed by atoms with Crippen molar-refractivity contribution in [1.82, 2.24) is 14.8 Å². The summed E-state index contributed by atoms with van der Waals surface area (Å²) >= 11 is 1.31. The number of anilines is 1. The number of hydrogen-bond donors (Lipinski definition) is 2. The van der Waals surface area contributed by atoms with Gasteiger partial charge in [0.2, 0.25) is 0 Å². The van der Waals surface area contributed by atoms with Crippen molar-refractivity contribution in [1.29, 1.82) is 0 Å². The number of aromatic nitrogens is 3. The Hall–Kier alpha value is -2.09. The maximum Gasteiger partial charge on any atom is 0.343 e. The van der Waals surface area contributed by atoms with Gasteiger partial charge in [-0.25, -0.2) is 9.89 Å². The maximum absolute atomic E-state index is 11.7. The highest BCUT2D eigenvalue weighted by Crippen LogP contribution is 2.38. The molecule has 8 heteroatoms. The van der Waals surface area contributed by atoms with Crippen molar-refractivity contribution < 1.29 is 9.47 Å². The van der Waals surface area contributed by atoms with E-state index in [1.54, 1.807) is 30.9 Å². The van der Waals surface area contributed by atoms with Gasteiger partial charge >= 0.3 is 5.69 Å². The molecule has 1 aromatic carbocycles. The minimum absolute atomic E-state index is 0.224. The van der Waals surface area contributed by atoms with E-state index in [4.69, 9.17) is 15.2 Å². The van der Waals surface area contributed by atoms with Gasteiger partial charge in [0.05, 0.1) is 14.2 Å². The van der Waals surface area contributed by atoms with Crippen LogP contribution in [0.1, 0.15) is 13.3 Å². The standard InChI is InChI=1S/C13H18N4O3S/c1-4-5-17-12(18)15-16-13(17)21-11-7-10(20-3)9(19-2)6-8(11)14/h6-7H,4-5,14H2,1-3H3,(H,15,18). The quantitative estimate of drug-likeness (QED) is 0.789. The number of H-pyrrole nitrogens is 1. The third-order valence-corrected chi connectivity index (χ3v) is 3.96. The van der Waals surface area contributed by atoms with Crippen molar-refractivity contribution in [2.45, 2.75) is 29.9 Å². The van der Waals surface area contributed by atoms with Crippen LogP contribution in [-0.2, 0) is 6.54 Å². The van der Waals surface area contributed by atoms with Crippen LogP contribution in [0.15, 0.2) is 27.0 Å². The monoisotopic (exact) mass is 310 g/mol. The van der Waals surface area contributed by atoms with E-state index < -0.39 is 0 Å². The molecule has 0 radical (unpaired) electrons. The van der Waals surface area contributed by atoms with E-state index in [-0.39, 0.29) is 5.69 Å². The average molecular weight is 310 g/mol. The molecule has 2 rings (SSSR count). The molecule has 0 atom stereocenters. The Morgan fingerprint density at radius 3 is 2.62 bits per heavy atom. The first-order valence-electron chi connectivity index (χ1n) is 6.45. The molecule has 7 nitrogen and oxygen atoms in total. The predicted octanol–water partition coefficient (Wildman–Crippen LogP) is 1.73. The minimum atomic E-state index is -0.224. The van der Waals surface area contributed by atoms with Gasteiger partial charge in [-0.05, 0) is 18.2 Å². The van der Waals surface area contributed by atoms with E-state index in [1.165, 1.54) is 11.8 Å². The van der Waals surface area contributed by atoms with Gasteiger partial charge in [-0.1, -0.05) is 6.92 Å². The Labute approximate surface area is 126 Å². The number of nitrogens with one attached hydrogen (secondary N) is 1. The highest BCUT2D eigenvalue weighted by atomic mass is 32.2. The van der Waals surface area contributed by atoms with Gasteiger partial charge in [-0.15, -0.1) is 5.10 Å². The number of nitrogens with two attached hydrogens (primary N) is 1. The smallest absolute Gasteiger partial charge is 0.343 e. The molecule has 1 aromatic heterocycles. The molecule has 0 saturated carbocycles. The summed E-state index contributed by atoms with van der Waals surface area (Å²) in [7, 11) is 3.11. The molecule has 0 amide bonds. The van der Waals surface area contributed by atoms with E-state index in [9.17, 15) is 4.79 Å². The number of ether oxygens (including phenoxy) is 2. The zero-order chi connectivity index (χ0) is 15.4.